The van der Waals surface area contributed by atoms with Gasteiger partial charge in [0.15, 0.2) is 0 Å². The molecule has 11 N–H and O–H groups in total. The number of imidazole rings is 2. The van der Waals surface area contributed by atoms with Gasteiger partial charge in [-0.1, -0.05) is 0 Å². The maximum atomic E-state index is 14.0. The summed E-state index contributed by atoms with van der Waals surface area (Å²) in [4.78, 5) is 151. The van der Waals surface area contributed by atoms with Crippen molar-refractivity contribution in [3.63, 3.8) is 0 Å². The summed E-state index contributed by atoms with van der Waals surface area (Å²) in [5, 5.41) is 76.1. The van der Waals surface area contributed by atoms with Crippen molar-refractivity contribution >= 4 is 65.4 Å². The fraction of sp³-hybridized carbons (Fsp3) is 0.638. The maximum absolute atomic E-state index is 14.0. The smallest absolute Gasteiger partial charge is 0.326 e. The van der Waals surface area contributed by atoms with Crippen LogP contribution in [0, 0.1) is 0 Å². The highest BCUT2D eigenvalue weighted by Gasteiger charge is 2.27. The Bertz CT molecular complexity index is 2260. The fourth-order valence-corrected chi connectivity index (χ4v) is 8.43. The molecule has 1 aliphatic rings. The highest BCUT2D eigenvalue weighted by atomic mass is 16.4. The topological polar surface area (TPSA) is 429 Å². The Kier molecular flexibility index (Phi) is 28.4. The SMILES string of the molecule is CC(=O)CN1CCN(CC(=O)O)CCN(CC(=O)N[C@H](CCCCN(Cc2nccn2CC(=O)O)Cc2nccn2CC(=O)O)C(=O)NCCCC[C@H](NC(=O)N[C@@H](CCC(=O)O)C(=O)O)C(=O)O)CCN(CC(=O)O)CC1. The minimum atomic E-state index is -1.60. The van der Waals surface area contributed by atoms with Crippen molar-refractivity contribution in [1.82, 2.24) is 64.9 Å². The molecule has 1 aliphatic heterocycles. The van der Waals surface area contributed by atoms with Gasteiger partial charge >= 0.3 is 47.8 Å². The lowest BCUT2D eigenvalue weighted by atomic mass is 10.1. The van der Waals surface area contributed by atoms with Gasteiger partial charge in [0.25, 0.3) is 0 Å². The van der Waals surface area contributed by atoms with E-state index in [1.807, 2.05) is 9.80 Å². The Labute approximate surface area is 448 Å². The molecule has 0 spiro atoms. The number of Topliss-reactive ketones (excluding diaryl/α,β-unsaturated/α-hetero) is 1. The second-order valence-corrected chi connectivity index (χ2v) is 18.8. The summed E-state index contributed by atoms with van der Waals surface area (Å²) in [5.41, 5.74) is 0. The van der Waals surface area contributed by atoms with E-state index in [4.69, 9.17) is 5.11 Å². The van der Waals surface area contributed by atoms with Gasteiger partial charge in [-0.3, -0.25) is 62.9 Å². The van der Waals surface area contributed by atoms with Gasteiger partial charge in [-0.05, 0) is 58.4 Å². The lowest BCUT2D eigenvalue weighted by Crippen LogP contribution is -2.52. The normalized spacial score (nSPS) is 15.4. The van der Waals surface area contributed by atoms with Crippen molar-refractivity contribution < 1.29 is 88.5 Å². The largest absolute Gasteiger partial charge is 0.481 e. The number of rotatable bonds is 35. The van der Waals surface area contributed by atoms with Gasteiger partial charge in [0, 0.05) is 90.1 Å². The van der Waals surface area contributed by atoms with Gasteiger partial charge in [0.2, 0.25) is 11.8 Å². The molecular formula is C47H73N13O18. The molecule has 434 valence electrons. The van der Waals surface area contributed by atoms with Gasteiger partial charge in [-0.15, -0.1) is 0 Å². The molecule has 4 amide bonds. The quantitative estimate of drug-likeness (QED) is 0.0312. The summed E-state index contributed by atoms with van der Waals surface area (Å²) in [6.45, 7) is 2.17. The standard InChI is InChI=1S/C47H73N13O18/c1-32(61)24-54-16-20-56(28-40(65)66)22-18-55(19-23-57(21-17-54)29-41(67)68)27-38(62)51-33(44(73)50-10-4-2-7-34(45(74)75)52-47(78)53-35(46(76)77)8-9-39(63)64)6-3-5-13-58(25-36-48-11-14-59(36)30-42(69)70)26-37-49-12-15-60(37)31-43(71)72/h11-12,14-15,33-35H,2-10,13,16-31H2,1H3,(H,50,73)(H,51,62)(H,63,64)(H,65,66)(H,67,68)(H,69,70)(H,71,72)(H,74,75)(H,76,77)(H2,52,53,78)/t33-,34+,35+/m1/s1. The molecule has 2 aromatic rings. The predicted molar refractivity (Wildman–Crippen MR) is 270 cm³/mol. The third kappa shape index (κ3) is 26.4. The van der Waals surface area contributed by atoms with Crippen LogP contribution in [0.4, 0.5) is 4.79 Å². The Morgan fingerprint density at radius 3 is 1.37 bits per heavy atom. The molecule has 0 saturated carbocycles. The van der Waals surface area contributed by atoms with Crippen molar-refractivity contribution in [3.05, 3.63) is 36.4 Å². The number of nitrogens with one attached hydrogen (secondary N) is 4. The average molecular weight is 1110 g/mol. The Hall–Kier alpha value is -7.61. The van der Waals surface area contributed by atoms with E-state index >= 15 is 0 Å². The molecule has 0 aliphatic carbocycles. The first-order valence-corrected chi connectivity index (χ1v) is 25.3. The number of hydrogen-bond donors (Lipinski definition) is 11. The second kappa shape index (κ2) is 34.2. The van der Waals surface area contributed by atoms with Gasteiger partial charge in [-0.2, -0.15) is 0 Å². The van der Waals surface area contributed by atoms with E-state index in [2.05, 4.69) is 31.2 Å². The van der Waals surface area contributed by atoms with Crippen LogP contribution in [0.2, 0.25) is 0 Å². The molecule has 31 nitrogen and oxygen atoms in total. The average Bonchev–Trinajstić information content (AvgIpc) is 3.98. The van der Waals surface area contributed by atoms with Gasteiger partial charge in [-0.25, -0.2) is 24.4 Å². The third-order valence-corrected chi connectivity index (χ3v) is 12.3. The molecule has 1 fully saturated rings. The lowest BCUT2D eigenvalue weighted by molar-refractivity contribution is -0.141. The summed E-state index contributed by atoms with van der Waals surface area (Å²) in [6.07, 6.45) is 5.81. The van der Waals surface area contributed by atoms with Gasteiger partial charge < -0.3 is 66.1 Å². The Morgan fingerprint density at radius 2 is 0.936 bits per heavy atom. The number of nitrogens with zero attached hydrogens (tertiary/aromatic N) is 9. The van der Waals surface area contributed by atoms with Crippen molar-refractivity contribution in [2.45, 2.75) is 103 Å². The number of aromatic nitrogens is 4. The van der Waals surface area contributed by atoms with Crippen LogP contribution in [-0.4, -0.2) is 255 Å². The van der Waals surface area contributed by atoms with Crippen LogP contribution in [-0.2, 0) is 74.1 Å². The van der Waals surface area contributed by atoms with E-state index in [-0.39, 0.29) is 130 Å². The van der Waals surface area contributed by atoms with Gasteiger partial charge in [0.05, 0.1) is 39.3 Å². The molecule has 31 heteroatoms. The molecule has 0 unspecified atom stereocenters. The molecule has 3 heterocycles. The van der Waals surface area contributed by atoms with Crippen LogP contribution >= 0.6 is 0 Å². The summed E-state index contributed by atoms with van der Waals surface area (Å²) in [6, 6.07) is -5.39. The number of hydrogen-bond acceptors (Lipinski definition) is 18. The van der Waals surface area contributed by atoms with Crippen LogP contribution in [0.1, 0.15) is 69.9 Å². The van der Waals surface area contributed by atoms with Crippen molar-refractivity contribution in [1.29, 1.82) is 0 Å². The zero-order valence-corrected chi connectivity index (χ0v) is 43.6. The number of carbonyl (C=O) groups is 11. The molecule has 3 atom stereocenters. The summed E-state index contributed by atoms with van der Waals surface area (Å²) in [7, 11) is 0. The summed E-state index contributed by atoms with van der Waals surface area (Å²) < 4.78 is 2.90. The minimum absolute atomic E-state index is 0.0193. The Morgan fingerprint density at radius 1 is 0.513 bits per heavy atom. The predicted octanol–water partition coefficient (Wildman–Crippen LogP) is -2.76. The van der Waals surface area contributed by atoms with E-state index < -0.39 is 90.6 Å². The second-order valence-electron chi connectivity index (χ2n) is 18.8. The summed E-state index contributed by atoms with van der Waals surface area (Å²) in [5.74, 6) is -9.16. The van der Waals surface area contributed by atoms with Gasteiger partial charge in [0.1, 0.15) is 48.6 Å². The number of carboxylic acids is 7. The number of ketones is 1. The first-order chi connectivity index (χ1) is 37.0. The van der Waals surface area contributed by atoms with Crippen LogP contribution < -0.4 is 21.3 Å². The minimum Gasteiger partial charge on any atom is -0.481 e. The molecule has 1 saturated heterocycles. The van der Waals surface area contributed by atoms with E-state index in [1.165, 1.54) is 40.8 Å². The van der Waals surface area contributed by atoms with Crippen molar-refractivity contribution in [2.75, 3.05) is 91.6 Å². The first kappa shape index (κ1) is 64.7. The number of amides is 4. The molecule has 0 radical (unpaired) electrons. The third-order valence-electron chi connectivity index (χ3n) is 12.3. The molecule has 2 aromatic heterocycles. The molecule has 0 bridgehead atoms. The zero-order valence-electron chi connectivity index (χ0n) is 43.6. The van der Waals surface area contributed by atoms with Crippen molar-refractivity contribution in [2.24, 2.45) is 0 Å². The monoisotopic (exact) mass is 1110 g/mol. The lowest BCUT2D eigenvalue weighted by Gasteiger charge is -2.33. The Balaban J connectivity index is 1.80. The highest BCUT2D eigenvalue weighted by molar-refractivity contribution is 5.88. The van der Waals surface area contributed by atoms with E-state index in [0.717, 1.165) is 0 Å². The molecular weight excluding hydrogens is 1030 g/mol. The first-order valence-electron chi connectivity index (χ1n) is 25.3. The van der Waals surface area contributed by atoms with Crippen LogP contribution in [0.25, 0.3) is 0 Å². The maximum Gasteiger partial charge on any atom is 0.326 e. The number of unbranched alkanes of at least 4 members (excludes halogenated alkanes) is 2. The van der Waals surface area contributed by atoms with E-state index in [1.54, 1.807) is 14.7 Å². The summed E-state index contributed by atoms with van der Waals surface area (Å²) >= 11 is 0. The molecule has 78 heavy (non-hydrogen) atoms. The number of aliphatic carboxylic acids is 7. The van der Waals surface area contributed by atoms with E-state index in [0.29, 0.717) is 44.1 Å². The fourth-order valence-electron chi connectivity index (χ4n) is 8.43. The number of urea groups is 1. The highest BCUT2D eigenvalue weighted by Crippen LogP contribution is 2.13. The van der Waals surface area contributed by atoms with Crippen LogP contribution in [0.15, 0.2) is 24.8 Å². The van der Waals surface area contributed by atoms with Crippen LogP contribution in [0.5, 0.6) is 0 Å². The molecule has 3 rings (SSSR count). The van der Waals surface area contributed by atoms with Crippen LogP contribution in [0.3, 0.4) is 0 Å². The number of carboxylic acid groups (broad SMARTS) is 7. The number of carbonyl (C=O) groups excluding carboxylic acids is 4. The van der Waals surface area contributed by atoms with Crippen molar-refractivity contribution in [3.8, 4) is 0 Å². The van der Waals surface area contributed by atoms with E-state index in [9.17, 15) is 83.4 Å². The molecule has 0 aromatic carbocycles. The zero-order chi connectivity index (χ0) is 57.7.